The van der Waals surface area contributed by atoms with E-state index in [2.05, 4.69) is 17.1 Å². The first-order chi connectivity index (χ1) is 11.6. The molecule has 2 aromatic rings. The minimum Gasteiger partial charge on any atom is -0.497 e. The summed E-state index contributed by atoms with van der Waals surface area (Å²) in [6.45, 7) is 3.41. The average molecular weight is 348 g/mol. The molecule has 0 spiro atoms. The molecule has 130 valence electrons. The van der Waals surface area contributed by atoms with Gasteiger partial charge < -0.3 is 9.64 Å². The number of hydrogen-bond acceptors (Lipinski definition) is 4. The van der Waals surface area contributed by atoms with E-state index in [0.29, 0.717) is 17.7 Å². The molecule has 1 heterocycles. The molecule has 1 amide bonds. The van der Waals surface area contributed by atoms with Gasteiger partial charge in [0.15, 0.2) is 10.6 Å². The van der Waals surface area contributed by atoms with Gasteiger partial charge in [-0.1, -0.05) is 13.3 Å². The van der Waals surface area contributed by atoms with Crippen molar-refractivity contribution in [3.05, 3.63) is 29.0 Å². The van der Waals surface area contributed by atoms with Gasteiger partial charge in [0.25, 0.3) is 0 Å². The third-order valence-corrected chi connectivity index (χ3v) is 4.24. The molecule has 24 heavy (non-hydrogen) atoms. The Morgan fingerprint density at radius 3 is 2.71 bits per heavy atom. The molecule has 0 saturated heterocycles. The van der Waals surface area contributed by atoms with Crippen molar-refractivity contribution in [1.29, 1.82) is 0 Å². The molecule has 7 heteroatoms. The second-order valence-corrected chi connectivity index (χ2v) is 6.04. The van der Waals surface area contributed by atoms with E-state index >= 15 is 0 Å². The molecule has 2 rings (SSSR count). The molecule has 1 N–H and O–H groups in total. The molecule has 0 radical (unpaired) electrons. The predicted molar refractivity (Wildman–Crippen MR) is 96.6 cm³/mol. The number of H-pyrrole nitrogens is 1. The topological polar surface area (TPSA) is 63.1 Å². The zero-order valence-corrected chi connectivity index (χ0v) is 15.2. The lowest BCUT2D eigenvalue weighted by atomic mass is 10.2. The molecular weight excluding hydrogens is 324 g/mol. The minimum atomic E-state index is 0.118. The highest BCUT2D eigenvalue weighted by Crippen LogP contribution is 2.21. The predicted octanol–water partition coefficient (Wildman–Crippen LogP) is 3.26. The molecule has 0 fully saturated rings. The molecule has 0 atom stereocenters. The summed E-state index contributed by atoms with van der Waals surface area (Å²) < 4.78 is 7.55. The lowest BCUT2D eigenvalue weighted by molar-refractivity contribution is -0.130. The smallest absolute Gasteiger partial charge is 0.224 e. The number of methoxy groups -OCH3 is 1. The van der Waals surface area contributed by atoms with Gasteiger partial charge in [0.1, 0.15) is 5.75 Å². The Bertz CT molecular complexity index is 721. The van der Waals surface area contributed by atoms with E-state index < -0.39 is 0 Å². The second-order valence-electron chi connectivity index (χ2n) is 5.65. The van der Waals surface area contributed by atoms with Crippen LogP contribution in [0.15, 0.2) is 24.3 Å². The number of rotatable bonds is 8. The van der Waals surface area contributed by atoms with Gasteiger partial charge in [-0.05, 0) is 42.9 Å². The van der Waals surface area contributed by atoms with Gasteiger partial charge in [-0.2, -0.15) is 5.10 Å². The third-order valence-electron chi connectivity index (χ3n) is 3.93. The minimum absolute atomic E-state index is 0.118. The maximum atomic E-state index is 12.2. The van der Waals surface area contributed by atoms with Crippen LogP contribution in [-0.4, -0.2) is 46.3 Å². The van der Waals surface area contributed by atoms with E-state index in [-0.39, 0.29) is 5.91 Å². The van der Waals surface area contributed by atoms with Crippen molar-refractivity contribution in [1.82, 2.24) is 19.7 Å². The number of benzene rings is 1. The van der Waals surface area contributed by atoms with Crippen LogP contribution in [0.2, 0.25) is 0 Å². The Kier molecular flexibility index (Phi) is 6.54. The number of ether oxygens (including phenoxy) is 1. The van der Waals surface area contributed by atoms with E-state index in [1.165, 1.54) is 0 Å². The Labute approximate surface area is 147 Å². The third kappa shape index (κ3) is 4.44. The van der Waals surface area contributed by atoms with Gasteiger partial charge in [-0.3, -0.25) is 14.5 Å². The molecule has 0 aliphatic carbocycles. The fourth-order valence-corrected chi connectivity index (χ4v) is 2.63. The molecule has 0 aliphatic rings. The molecule has 1 aromatic heterocycles. The summed E-state index contributed by atoms with van der Waals surface area (Å²) in [5.41, 5.74) is 0.926. The maximum Gasteiger partial charge on any atom is 0.224 e. The molecule has 1 aromatic carbocycles. The normalized spacial score (nSPS) is 10.6. The molecule has 0 saturated carbocycles. The first-order valence-corrected chi connectivity index (χ1v) is 8.51. The number of carbonyl (C=O) groups excluding carboxylic acids is 1. The SMILES string of the molecule is CCCCN(C)C(=O)CCn1c(-c2ccc(OC)cc2)n[nH]c1=S. The van der Waals surface area contributed by atoms with Crippen LogP contribution in [0.1, 0.15) is 26.2 Å². The molecule has 0 bridgehead atoms. The number of carbonyl (C=O) groups is 1. The standard InChI is InChI=1S/C17H24N4O2S/c1-4-5-11-20(2)15(22)10-12-21-16(18-19-17(21)24)13-6-8-14(23-3)9-7-13/h6-9H,4-5,10-12H2,1-3H3,(H,19,24). The van der Waals surface area contributed by atoms with Gasteiger partial charge in [0, 0.05) is 32.1 Å². The number of amides is 1. The lowest BCUT2D eigenvalue weighted by Gasteiger charge is -2.17. The zero-order valence-electron chi connectivity index (χ0n) is 14.4. The molecule has 6 nitrogen and oxygen atoms in total. The first-order valence-electron chi connectivity index (χ1n) is 8.10. The summed E-state index contributed by atoms with van der Waals surface area (Å²) in [7, 11) is 3.47. The van der Waals surface area contributed by atoms with E-state index in [0.717, 1.165) is 36.5 Å². The van der Waals surface area contributed by atoms with Crippen LogP contribution in [0.3, 0.4) is 0 Å². The number of nitrogens with zero attached hydrogens (tertiary/aromatic N) is 3. The van der Waals surface area contributed by atoms with Crippen molar-refractivity contribution < 1.29 is 9.53 Å². The quantitative estimate of drug-likeness (QED) is 0.744. The highest BCUT2D eigenvalue weighted by atomic mass is 32.1. The number of aromatic amines is 1. The number of aromatic nitrogens is 3. The summed E-state index contributed by atoms with van der Waals surface area (Å²) in [5, 5.41) is 7.11. The number of unbranched alkanes of at least 4 members (excludes halogenated alkanes) is 1. The first kappa shape index (κ1) is 18.2. The molecule has 0 aliphatic heterocycles. The van der Waals surface area contributed by atoms with Crippen LogP contribution in [0, 0.1) is 4.77 Å². The molecular formula is C17H24N4O2S. The Morgan fingerprint density at radius 1 is 1.38 bits per heavy atom. The van der Waals surface area contributed by atoms with E-state index in [1.807, 2.05) is 35.9 Å². The van der Waals surface area contributed by atoms with Gasteiger partial charge in [-0.25, -0.2) is 0 Å². The fraction of sp³-hybridized carbons (Fsp3) is 0.471. The number of nitrogens with one attached hydrogen (secondary N) is 1. The Morgan fingerprint density at radius 2 is 2.08 bits per heavy atom. The van der Waals surface area contributed by atoms with Crippen LogP contribution < -0.4 is 4.74 Å². The maximum absolute atomic E-state index is 12.2. The summed E-state index contributed by atoms with van der Waals surface area (Å²) >= 11 is 5.30. The summed E-state index contributed by atoms with van der Waals surface area (Å²) in [6, 6.07) is 7.60. The van der Waals surface area contributed by atoms with Gasteiger partial charge in [0.05, 0.1) is 7.11 Å². The van der Waals surface area contributed by atoms with Gasteiger partial charge in [-0.15, -0.1) is 0 Å². The van der Waals surface area contributed by atoms with Crippen molar-refractivity contribution in [2.24, 2.45) is 0 Å². The van der Waals surface area contributed by atoms with Crippen molar-refractivity contribution in [3.8, 4) is 17.1 Å². The van der Waals surface area contributed by atoms with Crippen LogP contribution in [-0.2, 0) is 11.3 Å². The monoisotopic (exact) mass is 348 g/mol. The summed E-state index contributed by atoms with van der Waals surface area (Å²) in [6.07, 6.45) is 2.49. The van der Waals surface area contributed by atoms with Gasteiger partial charge in [0.2, 0.25) is 5.91 Å². The largest absolute Gasteiger partial charge is 0.497 e. The summed E-state index contributed by atoms with van der Waals surface area (Å²) in [4.78, 5) is 14.0. The number of hydrogen-bond donors (Lipinski definition) is 1. The Balaban J connectivity index is 2.09. The van der Waals surface area contributed by atoms with Crippen molar-refractivity contribution in [2.75, 3.05) is 20.7 Å². The lowest BCUT2D eigenvalue weighted by Crippen LogP contribution is -2.28. The van der Waals surface area contributed by atoms with Gasteiger partial charge >= 0.3 is 0 Å². The van der Waals surface area contributed by atoms with Crippen molar-refractivity contribution in [3.63, 3.8) is 0 Å². The van der Waals surface area contributed by atoms with Crippen molar-refractivity contribution in [2.45, 2.75) is 32.7 Å². The van der Waals surface area contributed by atoms with Crippen LogP contribution in [0.5, 0.6) is 5.75 Å². The van der Waals surface area contributed by atoms with E-state index in [1.54, 1.807) is 12.0 Å². The average Bonchev–Trinajstić information content (AvgIpc) is 2.98. The highest BCUT2D eigenvalue weighted by Gasteiger charge is 2.13. The Hall–Kier alpha value is -2.15. The highest BCUT2D eigenvalue weighted by molar-refractivity contribution is 7.71. The fourth-order valence-electron chi connectivity index (χ4n) is 2.40. The van der Waals surface area contributed by atoms with Crippen LogP contribution >= 0.6 is 12.2 Å². The molecule has 0 unspecified atom stereocenters. The van der Waals surface area contributed by atoms with Crippen LogP contribution in [0.4, 0.5) is 0 Å². The second kappa shape index (κ2) is 8.63. The van der Waals surface area contributed by atoms with Crippen LogP contribution in [0.25, 0.3) is 11.4 Å². The zero-order chi connectivity index (χ0) is 17.5. The van der Waals surface area contributed by atoms with E-state index in [9.17, 15) is 4.79 Å². The van der Waals surface area contributed by atoms with E-state index in [4.69, 9.17) is 17.0 Å². The van der Waals surface area contributed by atoms with Crippen molar-refractivity contribution >= 4 is 18.1 Å². The summed E-state index contributed by atoms with van der Waals surface area (Å²) in [5.74, 6) is 1.63.